The van der Waals surface area contributed by atoms with Crippen molar-refractivity contribution in [2.24, 2.45) is 11.8 Å². The first-order chi connectivity index (χ1) is 13.5. The average Bonchev–Trinajstić information content (AvgIpc) is 3.08. The average molecular weight is 460 g/mol. The SMILES string of the molecule is O=C(O)C1C(Cn2nnc3ccccc3c2=O)CCC1Sc1ccc(Br)cc1. The molecule has 0 radical (unpaired) electrons. The van der Waals surface area contributed by atoms with Gasteiger partial charge in [-0.1, -0.05) is 33.3 Å². The van der Waals surface area contributed by atoms with Crippen molar-refractivity contribution >= 4 is 44.6 Å². The zero-order valence-corrected chi connectivity index (χ0v) is 17.3. The molecule has 8 heteroatoms. The summed E-state index contributed by atoms with van der Waals surface area (Å²) in [5.41, 5.74) is 0.326. The molecular weight excluding hydrogens is 442 g/mol. The second-order valence-corrected chi connectivity index (χ2v) is 9.13. The fraction of sp³-hybridized carbons (Fsp3) is 0.300. The van der Waals surface area contributed by atoms with Crippen molar-refractivity contribution in [3.05, 3.63) is 63.4 Å². The van der Waals surface area contributed by atoms with Crippen LogP contribution < -0.4 is 5.56 Å². The van der Waals surface area contributed by atoms with Gasteiger partial charge in [-0.15, -0.1) is 16.9 Å². The highest BCUT2D eigenvalue weighted by Crippen LogP contribution is 2.43. The van der Waals surface area contributed by atoms with Crippen molar-refractivity contribution in [3.63, 3.8) is 0 Å². The largest absolute Gasteiger partial charge is 0.481 e. The molecule has 1 N–H and O–H groups in total. The van der Waals surface area contributed by atoms with Gasteiger partial charge in [0.1, 0.15) is 5.52 Å². The van der Waals surface area contributed by atoms with E-state index in [0.29, 0.717) is 10.9 Å². The number of halogens is 1. The highest BCUT2D eigenvalue weighted by atomic mass is 79.9. The molecule has 0 saturated heterocycles. The molecule has 1 aliphatic carbocycles. The first-order valence-electron chi connectivity index (χ1n) is 9.00. The maximum absolute atomic E-state index is 12.7. The predicted molar refractivity (Wildman–Crippen MR) is 111 cm³/mol. The number of nitrogens with zero attached hydrogens (tertiary/aromatic N) is 3. The van der Waals surface area contributed by atoms with E-state index in [2.05, 4.69) is 26.2 Å². The van der Waals surface area contributed by atoms with Crippen LogP contribution in [-0.2, 0) is 11.3 Å². The zero-order valence-electron chi connectivity index (χ0n) is 14.9. The van der Waals surface area contributed by atoms with Crippen molar-refractivity contribution in [3.8, 4) is 0 Å². The molecule has 1 saturated carbocycles. The topological polar surface area (TPSA) is 85.1 Å². The number of benzene rings is 2. The molecule has 3 unspecified atom stereocenters. The summed E-state index contributed by atoms with van der Waals surface area (Å²) in [5.74, 6) is -1.51. The van der Waals surface area contributed by atoms with E-state index in [1.165, 1.54) is 4.68 Å². The van der Waals surface area contributed by atoms with Crippen LogP contribution in [0.2, 0.25) is 0 Å². The summed E-state index contributed by atoms with van der Waals surface area (Å²) < 4.78 is 2.31. The maximum atomic E-state index is 12.7. The minimum absolute atomic E-state index is 0.0345. The Hall–Kier alpha value is -2.19. The van der Waals surface area contributed by atoms with Crippen LogP contribution in [-0.4, -0.2) is 31.3 Å². The number of hydrogen-bond donors (Lipinski definition) is 1. The number of fused-ring (bicyclic) bond motifs is 1. The van der Waals surface area contributed by atoms with Gasteiger partial charge in [-0.3, -0.25) is 9.59 Å². The summed E-state index contributed by atoms with van der Waals surface area (Å²) in [4.78, 5) is 25.8. The number of thioether (sulfide) groups is 1. The Bertz CT molecular complexity index is 1070. The second kappa shape index (κ2) is 8.05. The van der Waals surface area contributed by atoms with Gasteiger partial charge in [0.25, 0.3) is 5.56 Å². The van der Waals surface area contributed by atoms with E-state index in [1.807, 2.05) is 30.3 Å². The summed E-state index contributed by atoms with van der Waals surface area (Å²) in [6.45, 7) is 0.269. The number of carbonyl (C=O) groups is 1. The number of carboxylic acid groups (broad SMARTS) is 1. The highest BCUT2D eigenvalue weighted by molar-refractivity contribution is 9.10. The fourth-order valence-electron chi connectivity index (χ4n) is 3.79. The third-order valence-electron chi connectivity index (χ3n) is 5.15. The van der Waals surface area contributed by atoms with E-state index in [0.717, 1.165) is 22.2 Å². The molecule has 0 aliphatic heterocycles. The van der Waals surface area contributed by atoms with Crippen LogP contribution in [0.25, 0.3) is 10.9 Å². The van der Waals surface area contributed by atoms with E-state index < -0.39 is 11.9 Å². The van der Waals surface area contributed by atoms with Gasteiger partial charge in [-0.05, 0) is 55.2 Å². The van der Waals surface area contributed by atoms with Gasteiger partial charge < -0.3 is 5.11 Å². The summed E-state index contributed by atoms with van der Waals surface area (Å²) >= 11 is 5.01. The molecule has 1 fully saturated rings. The quantitative estimate of drug-likeness (QED) is 0.623. The van der Waals surface area contributed by atoms with Crippen LogP contribution >= 0.6 is 27.7 Å². The normalized spacial score (nSPS) is 21.8. The Kier molecular flexibility index (Phi) is 5.50. The highest BCUT2D eigenvalue weighted by Gasteiger charge is 2.42. The molecule has 2 aromatic carbocycles. The van der Waals surface area contributed by atoms with Gasteiger partial charge in [-0.2, -0.15) is 0 Å². The minimum Gasteiger partial charge on any atom is -0.481 e. The Balaban J connectivity index is 1.56. The molecule has 28 heavy (non-hydrogen) atoms. The minimum atomic E-state index is -0.820. The molecule has 3 aromatic rings. The Morgan fingerprint density at radius 1 is 1.18 bits per heavy atom. The standard InChI is InChI=1S/C20H18BrN3O3S/c21-13-6-8-14(9-7-13)28-17-10-5-12(18(17)20(26)27)11-24-19(25)15-3-1-2-4-16(15)22-23-24/h1-4,6-9,12,17-18H,5,10-11H2,(H,26,27). The number of aliphatic carboxylic acids is 1. The monoisotopic (exact) mass is 459 g/mol. The Morgan fingerprint density at radius 3 is 2.68 bits per heavy atom. The first-order valence-corrected chi connectivity index (χ1v) is 10.7. The van der Waals surface area contributed by atoms with Gasteiger partial charge in [0.2, 0.25) is 0 Å². The molecule has 1 aromatic heterocycles. The molecule has 0 spiro atoms. The van der Waals surface area contributed by atoms with Crippen LogP contribution in [0.15, 0.2) is 62.7 Å². The Labute approximate surface area is 174 Å². The molecule has 1 heterocycles. The van der Waals surface area contributed by atoms with Crippen molar-refractivity contribution in [1.82, 2.24) is 15.0 Å². The van der Waals surface area contributed by atoms with Gasteiger partial charge in [0.05, 0.1) is 17.8 Å². The first kappa shape index (κ1) is 19.1. The summed E-state index contributed by atoms with van der Waals surface area (Å²) in [7, 11) is 0. The Morgan fingerprint density at radius 2 is 1.93 bits per heavy atom. The molecule has 0 bridgehead atoms. The number of hydrogen-bond acceptors (Lipinski definition) is 5. The molecule has 4 rings (SSSR count). The molecule has 144 valence electrons. The van der Waals surface area contributed by atoms with Gasteiger partial charge in [-0.25, -0.2) is 4.68 Å². The van der Waals surface area contributed by atoms with Crippen LogP contribution in [0, 0.1) is 11.8 Å². The van der Waals surface area contributed by atoms with E-state index >= 15 is 0 Å². The zero-order chi connectivity index (χ0) is 19.7. The predicted octanol–water partition coefficient (Wildman–Crippen LogP) is 3.83. The van der Waals surface area contributed by atoms with Crippen molar-refractivity contribution in [1.29, 1.82) is 0 Å². The summed E-state index contributed by atoms with van der Waals surface area (Å²) in [5, 5.41) is 18.5. The third kappa shape index (κ3) is 3.84. The summed E-state index contributed by atoms with van der Waals surface area (Å²) in [6.07, 6.45) is 1.53. The van der Waals surface area contributed by atoms with Gasteiger partial charge >= 0.3 is 5.97 Å². The van der Waals surface area contributed by atoms with Crippen molar-refractivity contribution in [2.75, 3.05) is 0 Å². The molecule has 1 aliphatic rings. The molecular formula is C20H18BrN3O3S. The smallest absolute Gasteiger partial charge is 0.307 e. The lowest BCUT2D eigenvalue weighted by molar-refractivity contribution is -0.142. The van der Waals surface area contributed by atoms with Crippen molar-refractivity contribution < 1.29 is 9.90 Å². The fourth-order valence-corrected chi connectivity index (χ4v) is 5.44. The van der Waals surface area contributed by atoms with Crippen LogP contribution in [0.1, 0.15) is 12.8 Å². The van der Waals surface area contributed by atoms with E-state index in [4.69, 9.17) is 0 Å². The maximum Gasteiger partial charge on any atom is 0.307 e. The lowest BCUT2D eigenvalue weighted by Gasteiger charge is -2.21. The van der Waals surface area contributed by atoms with E-state index in [-0.39, 0.29) is 23.3 Å². The van der Waals surface area contributed by atoms with Crippen LogP contribution in [0.5, 0.6) is 0 Å². The lowest BCUT2D eigenvalue weighted by atomic mass is 9.96. The molecule has 6 nitrogen and oxygen atoms in total. The number of carboxylic acids is 1. The van der Waals surface area contributed by atoms with E-state index in [1.54, 1.807) is 30.0 Å². The molecule has 3 atom stereocenters. The van der Waals surface area contributed by atoms with Gasteiger partial charge in [0, 0.05) is 14.6 Å². The van der Waals surface area contributed by atoms with E-state index in [9.17, 15) is 14.7 Å². The lowest BCUT2D eigenvalue weighted by Crippen LogP contribution is -2.33. The second-order valence-electron chi connectivity index (χ2n) is 6.91. The number of rotatable bonds is 5. The molecule has 0 amide bonds. The third-order valence-corrected chi connectivity index (χ3v) is 7.06. The van der Waals surface area contributed by atoms with Crippen LogP contribution in [0.3, 0.4) is 0 Å². The van der Waals surface area contributed by atoms with Crippen LogP contribution in [0.4, 0.5) is 0 Å². The van der Waals surface area contributed by atoms with Gasteiger partial charge in [0.15, 0.2) is 0 Å². The van der Waals surface area contributed by atoms with Crippen molar-refractivity contribution in [2.45, 2.75) is 29.5 Å². The summed E-state index contributed by atoms with van der Waals surface area (Å²) in [6, 6.07) is 14.9. The number of aromatic nitrogens is 3.